The van der Waals surface area contributed by atoms with E-state index in [1.807, 2.05) is 13.8 Å². The number of amides is 2. The average Bonchev–Trinajstić information content (AvgIpc) is 3.50. The molecule has 2 saturated heterocycles. The predicted molar refractivity (Wildman–Crippen MR) is 137 cm³/mol. The second-order valence-electron chi connectivity index (χ2n) is 10.2. The van der Waals surface area contributed by atoms with E-state index in [1.165, 1.54) is 29.4 Å². The van der Waals surface area contributed by atoms with Crippen LogP contribution in [0.5, 0.6) is 5.88 Å². The molecule has 3 aromatic rings. The normalized spacial score (nSPS) is 21.3. The third kappa shape index (κ3) is 5.23. The van der Waals surface area contributed by atoms with Gasteiger partial charge in [-0.2, -0.15) is 13.2 Å². The second kappa shape index (κ2) is 9.86. The minimum Gasteiger partial charge on any atom is -0.474 e. The van der Waals surface area contributed by atoms with Crippen molar-refractivity contribution in [3.05, 3.63) is 48.4 Å². The summed E-state index contributed by atoms with van der Waals surface area (Å²) in [6.45, 7) is 5.59. The van der Waals surface area contributed by atoms with Crippen LogP contribution in [0.25, 0.3) is 11.4 Å². The van der Waals surface area contributed by atoms with Crippen molar-refractivity contribution in [1.29, 1.82) is 0 Å². The van der Waals surface area contributed by atoms with E-state index in [2.05, 4.69) is 30.2 Å². The van der Waals surface area contributed by atoms with Crippen LogP contribution in [-0.2, 0) is 15.7 Å². The maximum atomic E-state index is 13.5. The molecule has 3 aliphatic rings. The molecule has 2 bridgehead atoms. The molecule has 0 aliphatic carbocycles. The van der Waals surface area contributed by atoms with Gasteiger partial charge in [0.05, 0.1) is 42.5 Å². The average molecular weight is 558 g/mol. The fourth-order valence-corrected chi connectivity index (χ4v) is 5.00. The number of aromatic nitrogens is 4. The summed E-state index contributed by atoms with van der Waals surface area (Å²) in [4.78, 5) is 34.3. The lowest BCUT2D eigenvalue weighted by Crippen LogP contribution is -2.48. The topological polar surface area (TPSA) is 115 Å². The molecule has 1 aromatic carbocycles. The van der Waals surface area contributed by atoms with Crippen LogP contribution in [0.2, 0.25) is 0 Å². The zero-order chi connectivity index (χ0) is 28.1. The maximum absolute atomic E-state index is 13.5. The van der Waals surface area contributed by atoms with Crippen molar-refractivity contribution in [2.75, 3.05) is 41.4 Å². The van der Waals surface area contributed by atoms with Crippen LogP contribution in [0, 0.1) is 0 Å². The maximum Gasteiger partial charge on any atom is 0.416 e. The van der Waals surface area contributed by atoms with Crippen molar-refractivity contribution >= 4 is 23.4 Å². The molecule has 0 unspecified atom stereocenters. The third-order valence-electron chi connectivity index (χ3n) is 6.86. The van der Waals surface area contributed by atoms with Gasteiger partial charge in [-0.3, -0.25) is 10.2 Å². The molecule has 0 spiro atoms. The van der Waals surface area contributed by atoms with E-state index < -0.39 is 23.6 Å². The van der Waals surface area contributed by atoms with Gasteiger partial charge in [-0.05, 0) is 32.4 Å². The van der Waals surface area contributed by atoms with Gasteiger partial charge in [-0.25, -0.2) is 24.7 Å². The Labute approximate surface area is 227 Å². The van der Waals surface area contributed by atoms with Crippen LogP contribution in [0.15, 0.2) is 42.9 Å². The first-order valence-electron chi connectivity index (χ1n) is 12.7. The Morgan fingerprint density at radius 2 is 2.05 bits per heavy atom. The van der Waals surface area contributed by atoms with Gasteiger partial charge in [0, 0.05) is 18.7 Å². The number of hydrogen-bond donors (Lipinski definition) is 1. The minimum atomic E-state index is -4.50. The highest BCUT2D eigenvalue weighted by atomic mass is 19.4. The molecule has 0 radical (unpaired) electrons. The first kappa shape index (κ1) is 26.2. The number of alkyl halides is 3. The van der Waals surface area contributed by atoms with Gasteiger partial charge in [-0.15, -0.1) is 0 Å². The molecule has 14 heteroatoms. The number of rotatable bonds is 5. The molecule has 2 aromatic heterocycles. The molecular weight excluding hydrogens is 531 g/mol. The van der Waals surface area contributed by atoms with Crippen molar-refractivity contribution in [1.82, 2.24) is 19.9 Å². The van der Waals surface area contributed by atoms with Crippen molar-refractivity contribution in [2.24, 2.45) is 0 Å². The van der Waals surface area contributed by atoms with Crippen LogP contribution in [0.4, 0.5) is 35.3 Å². The van der Waals surface area contributed by atoms with Crippen LogP contribution >= 0.6 is 0 Å². The zero-order valence-electron chi connectivity index (χ0n) is 21.7. The number of urea groups is 1. The Bertz CT molecular complexity index is 1420. The van der Waals surface area contributed by atoms with Crippen LogP contribution < -0.4 is 19.9 Å². The molecule has 0 saturated carbocycles. The molecule has 6 rings (SSSR count). The largest absolute Gasteiger partial charge is 0.474 e. The number of hydrogen-bond acceptors (Lipinski definition) is 9. The zero-order valence-corrected chi connectivity index (χ0v) is 21.7. The first-order valence-corrected chi connectivity index (χ1v) is 12.7. The molecule has 2 fully saturated rings. The van der Waals surface area contributed by atoms with E-state index in [-0.39, 0.29) is 41.8 Å². The van der Waals surface area contributed by atoms with E-state index in [0.29, 0.717) is 37.6 Å². The molecule has 11 nitrogen and oxygen atoms in total. The highest BCUT2D eigenvalue weighted by molar-refractivity contribution is 6.04. The van der Waals surface area contributed by atoms with Gasteiger partial charge in [0.1, 0.15) is 12.7 Å². The lowest BCUT2D eigenvalue weighted by Gasteiger charge is -2.35. The standard InChI is InChI=1S/C26H26F3N7O4/c1-25(2)39-14-18(40-25)13-38-21-11-30-20(10-31-21)33-24(37)36-17-6-7-35(12-17)19-9-32-22(34-23(19)36)15-4-3-5-16(8-15)26(27,28)29/h3-5,8-11,17-18H,6-7,12-14H2,1-2H3,(H,30,33,37)/t17-,18-/m0/s1. The van der Waals surface area contributed by atoms with E-state index >= 15 is 0 Å². The number of nitrogens with zero attached hydrogens (tertiary/aromatic N) is 6. The molecule has 40 heavy (non-hydrogen) atoms. The number of halogens is 3. The Kier molecular flexibility index (Phi) is 6.45. The molecule has 2 amide bonds. The molecule has 210 valence electrons. The van der Waals surface area contributed by atoms with Gasteiger partial charge in [0.15, 0.2) is 23.2 Å². The number of ether oxygens (including phenoxy) is 3. The summed E-state index contributed by atoms with van der Waals surface area (Å²) in [6.07, 6.45) is 0.286. The summed E-state index contributed by atoms with van der Waals surface area (Å²) >= 11 is 0. The van der Waals surface area contributed by atoms with E-state index in [9.17, 15) is 18.0 Å². The summed E-state index contributed by atoms with van der Waals surface area (Å²) in [7, 11) is 0. The smallest absolute Gasteiger partial charge is 0.416 e. The summed E-state index contributed by atoms with van der Waals surface area (Å²) in [5.74, 6) is 0.220. The fourth-order valence-electron chi connectivity index (χ4n) is 5.00. The van der Waals surface area contributed by atoms with E-state index in [4.69, 9.17) is 14.2 Å². The Hall–Kier alpha value is -4.04. The van der Waals surface area contributed by atoms with Crippen molar-refractivity contribution in [3.63, 3.8) is 0 Å². The van der Waals surface area contributed by atoms with Crippen molar-refractivity contribution in [3.8, 4) is 17.3 Å². The number of nitrogens with one attached hydrogen (secondary N) is 1. The van der Waals surface area contributed by atoms with Crippen LogP contribution in [-0.4, -0.2) is 70.2 Å². The molecule has 1 N–H and O–H groups in total. The quantitative estimate of drug-likeness (QED) is 0.495. The van der Waals surface area contributed by atoms with Gasteiger partial charge < -0.3 is 19.1 Å². The summed E-state index contributed by atoms with van der Waals surface area (Å²) in [6, 6.07) is 4.14. The monoisotopic (exact) mass is 557 g/mol. The molecule has 2 atom stereocenters. The van der Waals surface area contributed by atoms with Gasteiger partial charge in [0.25, 0.3) is 0 Å². The van der Waals surface area contributed by atoms with Crippen molar-refractivity contribution in [2.45, 2.75) is 44.4 Å². The Morgan fingerprint density at radius 1 is 1.20 bits per heavy atom. The Morgan fingerprint density at radius 3 is 2.77 bits per heavy atom. The molecule has 5 heterocycles. The van der Waals surface area contributed by atoms with Crippen LogP contribution in [0.3, 0.4) is 0 Å². The summed E-state index contributed by atoms with van der Waals surface area (Å²) in [5, 5.41) is 2.74. The Balaban J connectivity index is 1.19. The SMILES string of the molecule is CC1(C)OC[C@H](COc2cnc(NC(=O)N3c4nc(-c5cccc(C(F)(F)F)c5)ncc4N4CC[C@H]3C4)cn2)O1. The minimum absolute atomic E-state index is 0.0893. The third-order valence-corrected chi connectivity index (χ3v) is 6.86. The predicted octanol–water partition coefficient (Wildman–Crippen LogP) is 4.11. The second-order valence-corrected chi connectivity index (χ2v) is 10.2. The van der Waals surface area contributed by atoms with Crippen molar-refractivity contribution < 1.29 is 32.2 Å². The van der Waals surface area contributed by atoms with Gasteiger partial charge in [0.2, 0.25) is 5.88 Å². The van der Waals surface area contributed by atoms with E-state index in [0.717, 1.165) is 12.1 Å². The van der Waals surface area contributed by atoms with Gasteiger partial charge in [-0.1, -0.05) is 12.1 Å². The van der Waals surface area contributed by atoms with Crippen LogP contribution in [0.1, 0.15) is 25.8 Å². The number of carbonyl (C=O) groups excluding carboxylic acids is 1. The number of benzene rings is 1. The highest BCUT2D eigenvalue weighted by Gasteiger charge is 2.41. The van der Waals surface area contributed by atoms with E-state index in [1.54, 1.807) is 6.20 Å². The highest BCUT2D eigenvalue weighted by Crippen LogP contribution is 2.40. The summed E-state index contributed by atoms with van der Waals surface area (Å²) < 4.78 is 56.7. The lowest BCUT2D eigenvalue weighted by molar-refractivity contribution is -0.141. The number of anilines is 3. The fraction of sp³-hybridized carbons (Fsp3) is 0.423. The molecule has 3 aliphatic heterocycles. The number of fused-ring (bicyclic) bond motifs is 4. The first-order chi connectivity index (χ1) is 19.1. The lowest BCUT2D eigenvalue weighted by atomic mass is 10.1. The molecular formula is C26H26F3N7O4. The number of carbonyl (C=O) groups is 1. The van der Waals surface area contributed by atoms with Gasteiger partial charge >= 0.3 is 12.2 Å². The summed E-state index contributed by atoms with van der Waals surface area (Å²) in [5.41, 5.74) is 0.0323.